The molecule has 5 rings (SSSR count). The minimum Gasteiger partial charge on any atom is -0.494 e. The van der Waals surface area contributed by atoms with Crippen molar-refractivity contribution in [1.29, 1.82) is 0 Å². The van der Waals surface area contributed by atoms with E-state index < -0.39 is 0 Å². The number of pyridine rings is 1. The van der Waals surface area contributed by atoms with Crippen molar-refractivity contribution in [3.63, 3.8) is 0 Å². The van der Waals surface area contributed by atoms with Crippen molar-refractivity contribution < 1.29 is 9.53 Å². The second-order valence-electron chi connectivity index (χ2n) is 6.75. The van der Waals surface area contributed by atoms with E-state index in [0.29, 0.717) is 23.3 Å². The number of thiazole rings is 1. The van der Waals surface area contributed by atoms with Crippen molar-refractivity contribution in [2.24, 2.45) is 0 Å². The minimum absolute atomic E-state index is 0.215. The van der Waals surface area contributed by atoms with Crippen LogP contribution in [0.1, 0.15) is 28.4 Å². The Balaban J connectivity index is 1.59. The van der Waals surface area contributed by atoms with Crippen LogP contribution < -0.4 is 9.64 Å². The molecule has 0 N–H and O–H groups in total. The molecule has 0 aliphatic carbocycles. The first-order chi connectivity index (χ1) is 14.2. The van der Waals surface area contributed by atoms with Gasteiger partial charge in [-0.15, -0.1) is 10.2 Å². The Bertz CT molecular complexity index is 1190. The molecular formula is C20H18N6O2S. The molecule has 1 aliphatic heterocycles. The van der Waals surface area contributed by atoms with E-state index in [0.717, 1.165) is 41.0 Å². The number of para-hydroxylation sites is 1. The number of hydrogen-bond donors (Lipinski definition) is 0. The second kappa shape index (κ2) is 7.25. The summed E-state index contributed by atoms with van der Waals surface area (Å²) < 4.78 is 8.30. The highest BCUT2D eigenvalue weighted by atomic mass is 32.1. The Labute approximate surface area is 170 Å². The molecule has 8 nitrogen and oxygen atoms in total. The Morgan fingerprint density at radius 3 is 3.03 bits per heavy atom. The Hall–Kier alpha value is -3.33. The van der Waals surface area contributed by atoms with Gasteiger partial charge in [0.05, 0.1) is 18.4 Å². The molecule has 1 amide bonds. The molecular weight excluding hydrogens is 388 g/mol. The normalized spacial score (nSPS) is 12.9. The van der Waals surface area contributed by atoms with Gasteiger partial charge in [-0.3, -0.25) is 14.7 Å². The molecule has 1 aromatic carbocycles. The predicted octanol–water partition coefficient (Wildman–Crippen LogP) is 3.08. The van der Waals surface area contributed by atoms with Crippen molar-refractivity contribution in [2.75, 3.05) is 12.0 Å². The number of carbonyl (C=O) groups is 1. The average Bonchev–Trinajstić information content (AvgIpc) is 3.47. The number of methoxy groups -OCH3 is 1. The summed E-state index contributed by atoms with van der Waals surface area (Å²) in [5, 5.41) is 8.95. The lowest BCUT2D eigenvalue weighted by Gasteiger charge is -2.19. The van der Waals surface area contributed by atoms with Crippen LogP contribution >= 0.6 is 11.3 Å². The number of aryl methyl sites for hydroxylation is 1. The third-order valence-electron chi connectivity index (χ3n) is 4.93. The first-order valence-electron chi connectivity index (χ1n) is 9.31. The zero-order valence-electron chi connectivity index (χ0n) is 15.8. The molecule has 3 aromatic heterocycles. The van der Waals surface area contributed by atoms with Gasteiger partial charge < -0.3 is 9.30 Å². The van der Waals surface area contributed by atoms with Gasteiger partial charge in [0, 0.05) is 25.4 Å². The number of hydrogen-bond acceptors (Lipinski definition) is 7. The van der Waals surface area contributed by atoms with E-state index >= 15 is 0 Å². The first kappa shape index (κ1) is 17.7. The van der Waals surface area contributed by atoms with Gasteiger partial charge in [-0.1, -0.05) is 23.5 Å². The van der Waals surface area contributed by atoms with E-state index in [1.54, 1.807) is 24.4 Å². The van der Waals surface area contributed by atoms with E-state index in [9.17, 15) is 4.79 Å². The largest absolute Gasteiger partial charge is 0.494 e. The van der Waals surface area contributed by atoms with Crippen LogP contribution in [0.15, 0.2) is 42.7 Å². The van der Waals surface area contributed by atoms with E-state index in [1.165, 1.54) is 11.3 Å². The van der Waals surface area contributed by atoms with Gasteiger partial charge in [-0.2, -0.15) is 0 Å². The molecule has 1 aliphatic rings. The van der Waals surface area contributed by atoms with Crippen molar-refractivity contribution in [2.45, 2.75) is 25.9 Å². The summed E-state index contributed by atoms with van der Waals surface area (Å²) >= 11 is 1.45. The van der Waals surface area contributed by atoms with E-state index in [4.69, 9.17) is 9.72 Å². The van der Waals surface area contributed by atoms with Crippen LogP contribution in [0.3, 0.4) is 0 Å². The van der Waals surface area contributed by atoms with Crippen LogP contribution in [-0.2, 0) is 19.5 Å². The monoisotopic (exact) mass is 406 g/mol. The summed E-state index contributed by atoms with van der Waals surface area (Å²) in [6, 6.07) is 9.55. The van der Waals surface area contributed by atoms with Crippen LogP contribution in [0.25, 0.3) is 10.2 Å². The standard InChI is InChI=1S/C20H18N6O2S/c1-28-14-6-2-7-15-17(14)22-20(29-15)26(12-13-5-3-9-21-11-13)19(27)18-24-23-16-8-4-10-25(16)18/h2-3,5-7,9,11H,4,8,10,12H2,1H3. The number of aromatic nitrogens is 5. The van der Waals surface area contributed by atoms with Crippen molar-refractivity contribution in [3.8, 4) is 5.75 Å². The molecule has 0 radical (unpaired) electrons. The molecule has 0 fully saturated rings. The van der Waals surface area contributed by atoms with E-state index in [-0.39, 0.29) is 5.91 Å². The van der Waals surface area contributed by atoms with Crippen molar-refractivity contribution in [3.05, 3.63) is 59.9 Å². The lowest BCUT2D eigenvalue weighted by Crippen LogP contribution is -2.32. The van der Waals surface area contributed by atoms with Crippen molar-refractivity contribution >= 4 is 32.6 Å². The maximum Gasteiger partial charge on any atom is 0.298 e. The fourth-order valence-corrected chi connectivity index (χ4v) is 4.50. The molecule has 4 heterocycles. The van der Waals surface area contributed by atoms with Crippen LogP contribution in [0.2, 0.25) is 0 Å². The molecule has 0 saturated carbocycles. The van der Waals surface area contributed by atoms with Crippen LogP contribution in [-0.4, -0.2) is 37.7 Å². The minimum atomic E-state index is -0.215. The highest BCUT2D eigenvalue weighted by molar-refractivity contribution is 7.22. The first-order valence-corrected chi connectivity index (χ1v) is 10.1. The number of carbonyl (C=O) groups excluding carboxylic acids is 1. The number of amides is 1. The third-order valence-corrected chi connectivity index (χ3v) is 5.97. The third kappa shape index (κ3) is 3.13. The van der Waals surface area contributed by atoms with Gasteiger partial charge in [0.1, 0.15) is 17.1 Å². The summed E-state index contributed by atoms with van der Waals surface area (Å²) in [6.07, 6.45) is 5.29. The molecule has 29 heavy (non-hydrogen) atoms. The zero-order chi connectivity index (χ0) is 19.8. The van der Waals surface area contributed by atoms with E-state index in [2.05, 4.69) is 15.2 Å². The fourth-order valence-electron chi connectivity index (χ4n) is 3.52. The lowest BCUT2D eigenvalue weighted by molar-refractivity contribution is 0.0970. The Morgan fingerprint density at radius 1 is 1.28 bits per heavy atom. The fraction of sp³-hybridized carbons (Fsp3) is 0.250. The summed E-state index contributed by atoms with van der Waals surface area (Å²) in [7, 11) is 1.62. The van der Waals surface area contributed by atoms with Gasteiger partial charge in [-0.05, 0) is 30.2 Å². The maximum absolute atomic E-state index is 13.5. The molecule has 9 heteroatoms. The quantitative estimate of drug-likeness (QED) is 0.506. The van der Waals surface area contributed by atoms with E-state index in [1.807, 2.05) is 34.9 Å². The van der Waals surface area contributed by atoms with Crippen LogP contribution in [0, 0.1) is 0 Å². The van der Waals surface area contributed by atoms with Gasteiger partial charge in [0.2, 0.25) is 5.82 Å². The Morgan fingerprint density at radius 2 is 2.21 bits per heavy atom. The zero-order valence-corrected chi connectivity index (χ0v) is 16.6. The molecule has 146 valence electrons. The topological polar surface area (TPSA) is 86.0 Å². The molecule has 4 aromatic rings. The number of fused-ring (bicyclic) bond motifs is 2. The highest BCUT2D eigenvalue weighted by Crippen LogP contribution is 2.35. The number of nitrogens with zero attached hydrogens (tertiary/aromatic N) is 6. The second-order valence-corrected chi connectivity index (χ2v) is 7.76. The number of benzene rings is 1. The van der Waals surface area contributed by atoms with Crippen molar-refractivity contribution in [1.82, 2.24) is 24.7 Å². The predicted molar refractivity (Wildman–Crippen MR) is 109 cm³/mol. The average molecular weight is 406 g/mol. The van der Waals surface area contributed by atoms with Crippen LogP contribution in [0.5, 0.6) is 5.75 Å². The van der Waals surface area contributed by atoms with Gasteiger partial charge in [-0.25, -0.2) is 4.98 Å². The molecule has 0 spiro atoms. The molecule has 0 atom stereocenters. The summed E-state index contributed by atoms with van der Waals surface area (Å²) in [5.41, 5.74) is 1.65. The van der Waals surface area contributed by atoms with Gasteiger partial charge >= 0.3 is 0 Å². The smallest absolute Gasteiger partial charge is 0.298 e. The molecule has 0 saturated heterocycles. The lowest BCUT2D eigenvalue weighted by atomic mass is 10.2. The maximum atomic E-state index is 13.5. The summed E-state index contributed by atoms with van der Waals surface area (Å²) in [4.78, 5) is 24.1. The molecule has 0 bridgehead atoms. The van der Waals surface area contributed by atoms with Gasteiger partial charge in [0.25, 0.3) is 5.91 Å². The Kier molecular flexibility index (Phi) is 4.44. The number of rotatable bonds is 5. The number of anilines is 1. The number of ether oxygens (including phenoxy) is 1. The SMILES string of the molecule is COc1cccc2sc(N(Cc3cccnc3)C(=O)c3nnc4n3CCC4)nc12. The molecule has 0 unspecified atom stereocenters. The van der Waals surface area contributed by atoms with Crippen LogP contribution in [0.4, 0.5) is 5.13 Å². The highest BCUT2D eigenvalue weighted by Gasteiger charge is 2.29. The summed E-state index contributed by atoms with van der Waals surface area (Å²) in [6.45, 7) is 1.11. The summed E-state index contributed by atoms with van der Waals surface area (Å²) in [5.74, 6) is 1.68. The van der Waals surface area contributed by atoms with Gasteiger partial charge in [0.15, 0.2) is 5.13 Å².